The minimum Gasteiger partial charge on any atom is -0.389 e. The molecule has 1 heterocycles. The van der Waals surface area contributed by atoms with E-state index in [0.717, 1.165) is 11.4 Å². The van der Waals surface area contributed by atoms with Crippen LogP contribution in [0.3, 0.4) is 0 Å². The van der Waals surface area contributed by atoms with Gasteiger partial charge in [-0.2, -0.15) is 5.10 Å². The molecule has 130 valence electrons. The van der Waals surface area contributed by atoms with Crippen LogP contribution in [0.2, 0.25) is 5.02 Å². The van der Waals surface area contributed by atoms with Gasteiger partial charge < -0.3 is 10.4 Å². The maximum atomic E-state index is 11.0. The maximum absolute atomic E-state index is 11.0. The van der Waals surface area contributed by atoms with Gasteiger partial charge in [-0.3, -0.25) is 4.79 Å². The quantitative estimate of drug-likeness (QED) is 0.800. The number of benzene rings is 1. The third kappa shape index (κ3) is 5.94. The Morgan fingerprint density at radius 3 is 2.79 bits per heavy atom. The molecule has 0 radical (unpaired) electrons. The van der Waals surface area contributed by atoms with Crippen LogP contribution in [0.1, 0.15) is 38.0 Å². The number of nitrogens with one attached hydrogen (secondary N) is 1. The van der Waals surface area contributed by atoms with Crippen molar-refractivity contribution in [2.24, 2.45) is 0 Å². The van der Waals surface area contributed by atoms with E-state index < -0.39 is 5.60 Å². The van der Waals surface area contributed by atoms with Crippen molar-refractivity contribution < 1.29 is 9.90 Å². The molecule has 2 rings (SSSR count). The first-order valence-corrected chi connectivity index (χ1v) is 8.24. The number of amides is 1. The fourth-order valence-corrected chi connectivity index (χ4v) is 2.57. The van der Waals surface area contributed by atoms with E-state index in [1.165, 1.54) is 6.92 Å². The lowest BCUT2D eigenvalue weighted by molar-refractivity contribution is -0.118. The molecule has 6 nitrogen and oxygen atoms in total. The van der Waals surface area contributed by atoms with E-state index in [0.29, 0.717) is 36.8 Å². The summed E-state index contributed by atoms with van der Waals surface area (Å²) in [6, 6.07) is 7.57. The molecule has 0 bridgehead atoms. The van der Waals surface area contributed by atoms with Gasteiger partial charge in [0.25, 0.3) is 0 Å². The van der Waals surface area contributed by atoms with Crippen molar-refractivity contribution in [3.63, 3.8) is 0 Å². The monoisotopic (exact) mass is 350 g/mol. The van der Waals surface area contributed by atoms with Crippen molar-refractivity contribution in [2.45, 2.75) is 45.8 Å². The van der Waals surface area contributed by atoms with Crippen LogP contribution >= 0.6 is 11.6 Å². The van der Waals surface area contributed by atoms with E-state index in [-0.39, 0.29) is 5.91 Å². The minimum atomic E-state index is -0.899. The van der Waals surface area contributed by atoms with E-state index in [1.54, 1.807) is 18.5 Å². The molecule has 0 aliphatic carbocycles. The number of rotatable bonds is 7. The highest BCUT2D eigenvalue weighted by molar-refractivity contribution is 6.30. The lowest BCUT2D eigenvalue weighted by Crippen LogP contribution is -2.29. The molecular formula is C17H23ClN4O2. The molecule has 0 fully saturated rings. The summed E-state index contributed by atoms with van der Waals surface area (Å²) in [6.07, 6.45) is 1.12. The molecule has 1 aromatic heterocycles. The number of nitrogens with zero attached hydrogens (tertiary/aromatic N) is 3. The minimum absolute atomic E-state index is 0.0808. The van der Waals surface area contributed by atoms with Crippen molar-refractivity contribution in [2.75, 3.05) is 6.54 Å². The van der Waals surface area contributed by atoms with Crippen molar-refractivity contribution in [3.05, 3.63) is 46.5 Å². The maximum Gasteiger partial charge on any atom is 0.216 e. The molecule has 0 aliphatic heterocycles. The summed E-state index contributed by atoms with van der Waals surface area (Å²) < 4.78 is 1.71. The Morgan fingerprint density at radius 2 is 2.17 bits per heavy atom. The van der Waals surface area contributed by atoms with Gasteiger partial charge in [-0.25, -0.2) is 9.67 Å². The Morgan fingerprint density at radius 1 is 1.42 bits per heavy atom. The van der Waals surface area contributed by atoms with Crippen molar-refractivity contribution in [3.8, 4) is 0 Å². The third-order valence-corrected chi connectivity index (χ3v) is 3.54. The fraction of sp³-hybridized carbons (Fsp3) is 0.471. The zero-order valence-corrected chi connectivity index (χ0v) is 15.0. The normalized spacial score (nSPS) is 11.5. The summed E-state index contributed by atoms with van der Waals surface area (Å²) in [5, 5.41) is 18.0. The molecule has 0 spiro atoms. The number of hydrogen-bond acceptors (Lipinski definition) is 4. The van der Waals surface area contributed by atoms with Crippen molar-refractivity contribution in [1.82, 2.24) is 20.1 Å². The van der Waals surface area contributed by atoms with Gasteiger partial charge in [0.1, 0.15) is 5.82 Å². The zero-order valence-electron chi connectivity index (χ0n) is 14.2. The van der Waals surface area contributed by atoms with E-state index in [1.807, 2.05) is 24.3 Å². The van der Waals surface area contributed by atoms with Gasteiger partial charge in [-0.05, 0) is 31.5 Å². The van der Waals surface area contributed by atoms with Crippen LogP contribution in [0.25, 0.3) is 0 Å². The van der Waals surface area contributed by atoms with Crippen LogP contribution in [0.15, 0.2) is 24.3 Å². The Kier molecular flexibility index (Phi) is 5.96. The van der Waals surface area contributed by atoms with Crippen LogP contribution in [0, 0.1) is 0 Å². The highest BCUT2D eigenvalue weighted by Gasteiger charge is 2.18. The Hall–Kier alpha value is -1.92. The zero-order chi connectivity index (χ0) is 17.7. The molecule has 2 aromatic rings. The molecular weight excluding hydrogens is 328 g/mol. The van der Waals surface area contributed by atoms with Gasteiger partial charge in [-0.1, -0.05) is 23.7 Å². The molecule has 0 unspecified atom stereocenters. The molecule has 2 N–H and O–H groups in total. The van der Waals surface area contributed by atoms with Crippen molar-refractivity contribution >= 4 is 17.5 Å². The van der Waals surface area contributed by atoms with Gasteiger partial charge in [-0.15, -0.1) is 0 Å². The second-order valence-corrected chi connectivity index (χ2v) is 6.89. The molecule has 0 saturated carbocycles. The summed E-state index contributed by atoms with van der Waals surface area (Å²) in [5.74, 6) is 1.32. The predicted octanol–water partition coefficient (Wildman–Crippen LogP) is 1.97. The van der Waals surface area contributed by atoms with E-state index in [4.69, 9.17) is 11.6 Å². The van der Waals surface area contributed by atoms with Crippen LogP contribution in [0.4, 0.5) is 0 Å². The van der Waals surface area contributed by atoms with E-state index in [2.05, 4.69) is 15.4 Å². The summed E-state index contributed by atoms with van der Waals surface area (Å²) in [6.45, 7) is 5.75. The molecule has 0 atom stereocenters. The predicted molar refractivity (Wildman–Crippen MR) is 93.0 cm³/mol. The summed E-state index contributed by atoms with van der Waals surface area (Å²) in [5.41, 5.74) is 0.125. The van der Waals surface area contributed by atoms with Crippen LogP contribution < -0.4 is 5.32 Å². The molecule has 7 heteroatoms. The molecule has 1 amide bonds. The number of aliphatic hydroxyl groups is 1. The first-order valence-electron chi connectivity index (χ1n) is 7.87. The standard InChI is InChI=1S/C17H23ClN4O2/c1-12(23)19-8-7-16-20-15(21-22(16)11-17(2,3)24)10-13-5-4-6-14(18)9-13/h4-6,9,24H,7-8,10-11H2,1-3H3,(H,19,23). The van der Waals surface area contributed by atoms with Gasteiger partial charge in [0.15, 0.2) is 5.82 Å². The average molecular weight is 351 g/mol. The summed E-state index contributed by atoms with van der Waals surface area (Å²) in [7, 11) is 0. The number of aromatic nitrogens is 3. The average Bonchev–Trinajstić information content (AvgIpc) is 2.78. The van der Waals surface area contributed by atoms with Crippen LogP contribution in [-0.2, 0) is 24.2 Å². The number of hydrogen-bond donors (Lipinski definition) is 2. The Balaban J connectivity index is 2.17. The molecule has 1 aromatic carbocycles. The lowest BCUT2D eigenvalue weighted by Gasteiger charge is -2.18. The topological polar surface area (TPSA) is 80.0 Å². The molecule has 24 heavy (non-hydrogen) atoms. The second kappa shape index (κ2) is 7.77. The van der Waals surface area contributed by atoms with Gasteiger partial charge >= 0.3 is 0 Å². The third-order valence-electron chi connectivity index (χ3n) is 3.30. The fourth-order valence-electron chi connectivity index (χ4n) is 2.36. The number of carbonyl (C=O) groups is 1. The smallest absolute Gasteiger partial charge is 0.216 e. The lowest BCUT2D eigenvalue weighted by atomic mass is 10.1. The van der Waals surface area contributed by atoms with Gasteiger partial charge in [0.2, 0.25) is 5.91 Å². The van der Waals surface area contributed by atoms with Crippen LogP contribution in [-0.4, -0.2) is 37.9 Å². The first-order chi connectivity index (χ1) is 11.2. The highest BCUT2D eigenvalue weighted by Crippen LogP contribution is 2.15. The summed E-state index contributed by atoms with van der Waals surface area (Å²) >= 11 is 6.01. The number of halogens is 1. The highest BCUT2D eigenvalue weighted by atomic mass is 35.5. The molecule has 0 aliphatic rings. The SMILES string of the molecule is CC(=O)NCCc1nc(Cc2cccc(Cl)c2)nn1CC(C)(C)O. The van der Waals surface area contributed by atoms with Gasteiger partial charge in [0.05, 0.1) is 12.1 Å². The Labute approximate surface area is 146 Å². The van der Waals surface area contributed by atoms with Crippen molar-refractivity contribution in [1.29, 1.82) is 0 Å². The Bertz CT molecular complexity index is 707. The number of carbonyl (C=O) groups excluding carboxylic acids is 1. The largest absolute Gasteiger partial charge is 0.389 e. The van der Waals surface area contributed by atoms with E-state index >= 15 is 0 Å². The molecule has 0 saturated heterocycles. The van der Waals surface area contributed by atoms with Crippen LogP contribution in [0.5, 0.6) is 0 Å². The first kappa shape index (κ1) is 18.4. The van der Waals surface area contributed by atoms with Gasteiger partial charge in [0, 0.05) is 31.3 Å². The summed E-state index contributed by atoms with van der Waals surface area (Å²) in [4.78, 5) is 15.6. The second-order valence-electron chi connectivity index (χ2n) is 6.45. The van der Waals surface area contributed by atoms with E-state index in [9.17, 15) is 9.90 Å².